The van der Waals surface area contributed by atoms with Crippen molar-refractivity contribution >= 4 is 0 Å². The quantitative estimate of drug-likeness (QED) is 0.634. The predicted molar refractivity (Wildman–Crippen MR) is 61.4 cm³/mol. The molecule has 0 bridgehead atoms. The molecule has 1 fully saturated rings. The van der Waals surface area contributed by atoms with Crippen LogP contribution in [0.2, 0.25) is 0 Å². The van der Waals surface area contributed by atoms with Gasteiger partial charge in [0.25, 0.3) is 0 Å². The lowest BCUT2D eigenvalue weighted by Crippen LogP contribution is -2.05. The molecule has 0 nitrogen and oxygen atoms in total. The third-order valence-electron chi connectivity index (χ3n) is 2.83. The molecule has 0 N–H and O–H groups in total. The summed E-state index contributed by atoms with van der Waals surface area (Å²) in [6.45, 7) is 5.78. The fraction of sp³-hybridized carbons (Fsp3) is 0.429. The molecule has 1 aliphatic carbocycles. The van der Waals surface area contributed by atoms with E-state index in [-0.39, 0.29) is 11.2 Å². The average molecular weight is 204 g/mol. The first-order valence-corrected chi connectivity index (χ1v) is 5.44. The van der Waals surface area contributed by atoms with Gasteiger partial charge in [-0.2, -0.15) is 0 Å². The summed E-state index contributed by atoms with van der Waals surface area (Å²) < 4.78 is 13.9. The van der Waals surface area contributed by atoms with Gasteiger partial charge in [-0.25, -0.2) is 4.39 Å². The smallest absolute Gasteiger partial charge is 0.105 e. The molecule has 0 radical (unpaired) electrons. The molecule has 1 aliphatic rings. The number of hydrogen-bond donors (Lipinski definition) is 0. The number of halogens is 1. The van der Waals surface area contributed by atoms with Crippen molar-refractivity contribution in [3.63, 3.8) is 0 Å². The number of hydrogen-bond acceptors (Lipinski definition) is 0. The lowest BCUT2D eigenvalue weighted by Gasteiger charge is -2.15. The van der Waals surface area contributed by atoms with Gasteiger partial charge in [0.15, 0.2) is 0 Å². The van der Waals surface area contributed by atoms with Crippen LogP contribution in [-0.4, -0.2) is 0 Å². The van der Waals surface area contributed by atoms with Crippen LogP contribution in [0.1, 0.15) is 38.7 Å². The van der Waals surface area contributed by atoms with Crippen molar-refractivity contribution in [2.75, 3.05) is 0 Å². The Balaban J connectivity index is 2.21. The monoisotopic (exact) mass is 204 g/mol. The Morgan fingerprint density at radius 2 is 1.80 bits per heavy atom. The number of allylic oxidation sites excluding steroid dienone is 2. The van der Waals surface area contributed by atoms with Crippen LogP contribution in [0, 0.1) is 5.41 Å². The Kier molecular flexibility index (Phi) is 2.41. The van der Waals surface area contributed by atoms with Gasteiger partial charge in [0.2, 0.25) is 0 Å². The van der Waals surface area contributed by atoms with Gasteiger partial charge in [0.1, 0.15) is 5.83 Å². The van der Waals surface area contributed by atoms with Crippen LogP contribution in [0.4, 0.5) is 4.39 Å². The fourth-order valence-electron chi connectivity index (χ4n) is 1.89. The molecule has 1 aromatic rings. The Bertz CT molecular complexity index is 382. The van der Waals surface area contributed by atoms with Crippen molar-refractivity contribution in [2.45, 2.75) is 33.1 Å². The molecule has 0 amide bonds. The predicted octanol–water partition coefficient (Wildman–Crippen LogP) is 4.44. The largest absolute Gasteiger partial charge is 0.211 e. The Morgan fingerprint density at radius 3 is 2.33 bits per heavy atom. The van der Waals surface area contributed by atoms with Crippen LogP contribution in [0.3, 0.4) is 0 Å². The van der Waals surface area contributed by atoms with Gasteiger partial charge >= 0.3 is 0 Å². The molecule has 2 rings (SSSR count). The fourth-order valence-corrected chi connectivity index (χ4v) is 1.89. The summed E-state index contributed by atoms with van der Waals surface area (Å²) in [5.74, 6) is 0.418. The first-order chi connectivity index (χ1) is 7.00. The van der Waals surface area contributed by atoms with Gasteiger partial charge in [-0.3, -0.25) is 0 Å². The van der Waals surface area contributed by atoms with Gasteiger partial charge in [0, 0.05) is 11.3 Å². The zero-order valence-corrected chi connectivity index (χ0v) is 9.55. The highest BCUT2D eigenvalue weighted by Crippen LogP contribution is 2.52. The van der Waals surface area contributed by atoms with Crippen molar-refractivity contribution in [2.24, 2.45) is 5.41 Å². The Labute approximate surface area is 90.8 Å². The van der Waals surface area contributed by atoms with Crippen LogP contribution < -0.4 is 0 Å². The minimum Gasteiger partial charge on any atom is -0.211 e. The highest BCUT2D eigenvalue weighted by atomic mass is 19.1. The summed E-state index contributed by atoms with van der Waals surface area (Å²) in [6, 6.07) is 10.2. The molecule has 1 saturated carbocycles. The topological polar surface area (TPSA) is 0 Å². The second-order valence-electron chi connectivity index (χ2n) is 5.26. The van der Waals surface area contributed by atoms with Crippen molar-refractivity contribution in [1.82, 2.24) is 0 Å². The standard InChI is InChI=1S/C14H17F/c1-14(2,3)13(15)12-9-11(12)10-7-5-4-6-8-10/h4-8,11H,9H2,1-3H3/b13-12+. The molecule has 0 aliphatic heterocycles. The Morgan fingerprint density at radius 1 is 1.20 bits per heavy atom. The Hall–Kier alpha value is -1.11. The molecule has 0 aromatic heterocycles. The van der Waals surface area contributed by atoms with Crippen LogP contribution in [0.25, 0.3) is 0 Å². The molecule has 15 heavy (non-hydrogen) atoms. The van der Waals surface area contributed by atoms with Crippen LogP contribution >= 0.6 is 0 Å². The van der Waals surface area contributed by atoms with Crippen molar-refractivity contribution in [3.8, 4) is 0 Å². The van der Waals surface area contributed by atoms with E-state index in [1.165, 1.54) is 5.56 Å². The SMILES string of the molecule is CC(C)(C)/C(F)=C1/CC1c1ccccc1. The lowest BCUT2D eigenvalue weighted by atomic mass is 9.93. The van der Waals surface area contributed by atoms with Gasteiger partial charge < -0.3 is 0 Å². The van der Waals surface area contributed by atoms with E-state index in [1.54, 1.807) is 0 Å². The third-order valence-corrected chi connectivity index (χ3v) is 2.83. The van der Waals surface area contributed by atoms with Gasteiger partial charge in [-0.1, -0.05) is 51.1 Å². The zero-order chi connectivity index (χ0) is 11.1. The number of rotatable bonds is 1. The molecular formula is C14H17F. The summed E-state index contributed by atoms with van der Waals surface area (Å²) in [5.41, 5.74) is 1.90. The average Bonchev–Trinajstić information content (AvgIpc) is 2.96. The maximum atomic E-state index is 13.9. The molecule has 0 spiro atoms. The van der Waals surface area contributed by atoms with Gasteiger partial charge in [-0.05, 0) is 17.6 Å². The van der Waals surface area contributed by atoms with Crippen molar-refractivity contribution in [3.05, 3.63) is 47.3 Å². The summed E-state index contributed by atoms with van der Waals surface area (Å²) >= 11 is 0. The third kappa shape index (κ3) is 2.11. The van der Waals surface area contributed by atoms with Crippen LogP contribution in [0.15, 0.2) is 41.7 Å². The summed E-state index contributed by atoms with van der Waals surface area (Å²) in [6.07, 6.45) is 0.896. The van der Waals surface area contributed by atoms with Crippen molar-refractivity contribution in [1.29, 1.82) is 0 Å². The molecule has 1 aromatic carbocycles. The van der Waals surface area contributed by atoms with E-state index in [2.05, 4.69) is 12.1 Å². The molecule has 1 unspecified atom stereocenters. The second-order valence-corrected chi connectivity index (χ2v) is 5.26. The van der Waals surface area contributed by atoms with Gasteiger partial charge in [-0.15, -0.1) is 0 Å². The van der Waals surface area contributed by atoms with E-state index < -0.39 is 0 Å². The first kappa shape index (κ1) is 10.4. The molecular weight excluding hydrogens is 187 g/mol. The molecule has 1 heteroatoms. The zero-order valence-electron chi connectivity index (χ0n) is 9.55. The van der Waals surface area contributed by atoms with E-state index in [9.17, 15) is 4.39 Å². The minimum absolute atomic E-state index is 0.0800. The minimum atomic E-state index is -0.334. The summed E-state index contributed by atoms with van der Waals surface area (Å²) in [7, 11) is 0. The van der Waals surface area contributed by atoms with Crippen molar-refractivity contribution < 1.29 is 4.39 Å². The molecule has 0 heterocycles. The maximum absolute atomic E-state index is 13.9. The molecule has 0 saturated heterocycles. The van der Waals surface area contributed by atoms with Crippen LogP contribution in [-0.2, 0) is 0 Å². The van der Waals surface area contributed by atoms with E-state index in [1.807, 2.05) is 39.0 Å². The summed E-state index contributed by atoms with van der Waals surface area (Å²) in [5, 5.41) is 0. The van der Waals surface area contributed by atoms with E-state index in [0.717, 1.165) is 12.0 Å². The van der Waals surface area contributed by atoms with E-state index in [4.69, 9.17) is 0 Å². The normalized spacial score (nSPS) is 23.9. The highest BCUT2D eigenvalue weighted by molar-refractivity contribution is 5.43. The van der Waals surface area contributed by atoms with Crippen LogP contribution in [0.5, 0.6) is 0 Å². The maximum Gasteiger partial charge on any atom is 0.105 e. The molecule has 1 atom stereocenters. The highest BCUT2D eigenvalue weighted by Gasteiger charge is 2.37. The van der Waals surface area contributed by atoms with E-state index in [0.29, 0.717) is 5.92 Å². The number of benzene rings is 1. The van der Waals surface area contributed by atoms with Gasteiger partial charge in [0.05, 0.1) is 0 Å². The molecule has 80 valence electrons. The second kappa shape index (κ2) is 3.48. The summed E-state index contributed by atoms with van der Waals surface area (Å²) in [4.78, 5) is 0. The first-order valence-electron chi connectivity index (χ1n) is 5.44. The van der Waals surface area contributed by atoms with E-state index >= 15 is 0 Å². The lowest BCUT2D eigenvalue weighted by molar-refractivity contribution is 0.380.